The van der Waals surface area contributed by atoms with E-state index in [1.54, 1.807) is 24.3 Å². The van der Waals surface area contributed by atoms with Gasteiger partial charge in [-0.25, -0.2) is 4.98 Å². The minimum absolute atomic E-state index is 0.0101. The van der Waals surface area contributed by atoms with Crippen molar-refractivity contribution in [2.45, 2.75) is 0 Å². The second kappa shape index (κ2) is 6.93. The molecular formula is C19H11N5O5. The number of para-hydroxylation sites is 2. The molecule has 0 saturated carbocycles. The summed E-state index contributed by atoms with van der Waals surface area (Å²) in [5.41, 5.74) is -0.730. The standard InChI is InChI=1S/C19H11N5O5/c25-19-13-11-12(23(26)27)8-9-14(13)21-18(15-5-3-4-10-20-15)22(19)16-6-1-2-7-17(16)24(28)29/h1-11H. The van der Waals surface area contributed by atoms with Gasteiger partial charge in [-0.2, -0.15) is 0 Å². The van der Waals surface area contributed by atoms with E-state index >= 15 is 0 Å². The van der Waals surface area contributed by atoms with Crippen LogP contribution in [0.25, 0.3) is 28.1 Å². The maximum atomic E-state index is 13.3. The number of rotatable bonds is 4. The first-order chi connectivity index (χ1) is 14.0. The van der Waals surface area contributed by atoms with Gasteiger partial charge >= 0.3 is 0 Å². The maximum absolute atomic E-state index is 13.3. The Morgan fingerprint density at radius 3 is 2.34 bits per heavy atom. The van der Waals surface area contributed by atoms with Crippen LogP contribution >= 0.6 is 0 Å². The van der Waals surface area contributed by atoms with E-state index in [2.05, 4.69) is 9.97 Å². The Morgan fingerprint density at radius 1 is 0.897 bits per heavy atom. The summed E-state index contributed by atoms with van der Waals surface area (Å²) in [6, 6.07) is 14.4. The van der Waals surface area contributed by atoms with Crippen LogP contribution in [-0.2, 0) is 0 Å². The number of benzene rings is 2. The molecule has 0 unspecified atom stereocenters. The van der Waals surface area contributed by atoms with Gasteiger partial charge in [-0.05, 0) is 24.3 Å². The summed E-state index contributed by atoms with van der Waals surface area (Å²) in [5, 5.41) is 22.6. The monoisotopic (exact) mass is 389 g/mol. The molecule has 0 saturated heterocycles. The number of non-ortho nitro benzene ring substituents is 1. The SMILES string of the molecule is O=c1c2cc([N+](=O)[O-])ccc2nc(-c2ccccn2)n1-c1ccccc1[N+](=O)[O-]. The molecule has 0 spiro atoms. The number of nitro benzene ring substituents is 2. The zero-order valence-corrected chi connectivity index (χ0v) is 14.6. The fourth-order valence-electron chi connectivity index (χ4n) is 2.99. The molecule has 0 aliphatic rings. The van der Waals surface area contributed by atoms with Crippen LogP contribution in [0.5, 0.6) is 0 Å². The molecule has 2 aromatic heterocycles. The molecule has 10 nitrogen and oxygen atoms in total. The number of hydrogen-bond acceptors (Lipinski definition) is 7. The Kier molecular flexibility index (Phi) is 4.28. The van der Waals surface area contributed by atoms with Gasteiger partial charge in [-0.3, -0.25) is 34.6 Å². The number of hydrogen-bond donors (Lipinski definition) is 0. The van der Waals surface area contributed by atoms with Crippen molar-refractivity contribution in [1.82, 2.24) is 14.5 Å². The van der Waals surface area contributed by atoms with Gasteiger partial charge in [-0.1, -0.05) is 18.2 Å². The van der Waals surface area contributed by atoms with Crippen molar-refractivity contribution in [2.24, 2.45) is 0 Å². The Labute approximate surface area is 162 Å². The molecule has 0 aliphatic carbocycles. The van der Waals surface area contributed by atoms with E-state index in [1.165, 1.54) is 36.5 Å². The molecule has 142 valence electrons. The predicted molar refractivity (Wildman–Crippen MR) is 104 cm³/mol. The molecule has 0 atom stereocenters. The Hall–Kier alpha value is -4.47. The van der Waals surface area contributed by atoms with Crippen molar-refractivity contribution in [1.29, 1.82) is 0 Å². The van der Waals surface area contributed by atoms with Crippen molar-refractivity contribution >= 4 is 22.3 Å². The van der Waals surface area contributed by atoms with E-state index in [9.17, 15) is 25.0 Å². The molecule has 4 aromatic rings. The van der Waals surface area contributed by atoms with Crippen LogP contribution < -0.4 is 5.56 Å². The van der Waals surface area contributed by atoms with Gasteiger partial charge in [0.15, 0.2) is 5.82 Å². The molecule has 0 bridgehead atoms. The van der Waals surface area contributed by atoms with E-state index in [4.69, 9.17) is 0 Å². The quantitative estimate of drug-likeness (QED) is 0.386. The Balaban J connectivity index is 2.16. The first kappa shape index (κ1) is 17.9. The van der Waals surface area contributed by atoms with Crippen LogP contribution in [0.3, 0.4) is 0 Å². The van der Waals surface area contributed by atoms with Gasteiger partial charge < -0.3 is 0 Å². The highest BCUT2D eigenvalue weighted by Gasteiger charge is 2.22. The van der Waals surface area contributed by atoms with E-state index in [1.807, 2.05) is 0 Å². The number of nitrogens with zero attached hydrogens (tertiary/aromatic N) is 5. The van der Waals surface area contributed by atoms with E-state index in [0.29, 0.717) is 5.69 Å². The average Bonchev–Trinajstić information content (AvgIpc) is 2.74. The van der Waals surface area contributed by atoms with Crippen molar-refractivity contribution in [3.63, 3.8) is 0 Å². The van der Waals surface area contributed by atoms with Crippen LogP contribution in [0.15, 0.2) is 71.7 Å². The second-order valence-corrected chi connectivity index (χ2v) is 6.00. The lowest BCUT2D eigenvalue weighted by molar-refractivity contribution is -0.384. The lowest BCUT2D eigenvalue weighted by Gasteiger charge is -2.13. The zero-order chi connectivity index (χ0) is 20.5. The van der Waals surface area contributed by atoms with Crippen molar-refractivity contribution in [3.05, 3.63) is 97.4 Å². The van der Waals surface area contributed by atoms with Crippen molar-refractivity contribution in [3.8, 4) is 17.2 Å². The van der Waals surface area contributed by atoms with E-state index in [0.717, 1.165) is 10.6 Å². The van der Waals surface area contributed by atoms with E-state index < -0.39 is 15.4 Å². The predicted octanol–water partition coefficient (Wildman–Crippen LogP) is 3.26. The molecule has 0 N–H and O–H groups in total. The summed E-state index contributed by atoms with van der Waals surface area (Å²) in [7, 11) is 0. The maximum Gasteiger partial charge on any atom is 0.293 e. The van der Waals surface area contributed by atoms with Gasteiger partial charge in [0, 0.05) is 24.4 Å². The average molecular weight is 389 g/mol. The summed E-state index contributed by atoms with van der Waals surface area (Å²) in [6.07, 6.45) is 1.51. The highest BCUT2D eigenvalue weighted by Crippen LogP contribution is 2.27. The van der Waals surface area contributed by atoms with Crippen molar-refractivity contribution < 1.29 is 9.85 Å². The van der Waals surface area contributed by atoms with Gasteiger partial charge in [0.2, 0.25) is 0 Å². The topological polar surface area (TPSA) is 134 Å². The van der Waals surface area contributed by atoms with E-state index in [-0.39, 0.29) is 33.8 Å². The molecular weight excluding hydrogens is 378 g/mol. The van der Waals surface area contributed by atoms with Gasteiger partial charge in [0.25, 0.3) is 16.9 Å². The lowest BCUT2D eigenvalue weighted by Crippen LogP contribution is -2.23. The minimum Gasteiger partial charge on any atom is -0.268 e. The first-order valence-electron chi connectivity index (χ1n) is 8.34. The third-order valence-electron chi connectivity index (χ3n) is 4.28. The number of aromatic nitrogens is 3. The van der Waals surface area contributed by atoms with Gasteiger partial charge in [0.1, 0.15) is 11.4 Å². The van der Waals surface area contributed by atoms with Crippen LogP contribution in [0.2, 0.25) is 0 Å². The molecule has 4 rings (SSSR count). The third-order valence-corrected chi connectivity index (χ3v) is 4.28. The highest BCUT2D eigenvalue weighted by atomic mass is 16.6. The normalized spacial score (nSPS) is 10.8. The molecule has 29 heavy (non-hydrogen) atoms. The van der Waals surface area contributed by atoms with Crippen LogP contribution in [0.4, 0.5) is 11.4 Å². The number of nitro groups is 2. The summed E-state index contributed by atoms with van der Waals surface area (Å²) in [5.74, 6) is 0.0891. The summed E-state index contributed by atoms with van der Waals surface area (Å²) < 4.78 is 1.06. The molecule has 10 heteroatoms. The van der Waals surface area contributed by atoms with Crippen LogP contribution in [-0.4, -0.2) is 24.4 Å². The molecule has 0 aliphatic heterocycles. The summed E-state index contributed by atoms with van der Waals surface area (Å²) in [4.78, 5) is 43.4. The molecule has 2 aromatic carbocycles. The van der Waals surface area contributed by atoms with Crippen LogP contribution in [0.1, 0.15) is 0 Å². The second-order valence-electron chi connectivity index (χ2n) is 6.00. The lowest BCUT2D eigenvalue weighted by atomic mass is 10.2. The number of fused-ring (bicyclic) bond motifs is 1. The van der Waals surface area contributed by atoms with Crippen molar-refractivity contribution in [2.75, 3.05) is 0 Å². The molecule has 0 fully saturated rings. The third kappa shape index (κ3) is 3.08. The van der Waals surface area contributed by atoms with Crippen LogP contribution in [0, 0.1) is 20.2 Å². The largest absolute Gasteiger partial charge is 0.293 e. The fraction of sp³-hybridized carbons (Fsp3) is 0. The first-order valence-corrected chi connectivity index (χ1v) is 8.34. The summed E-state index contributed by atoms with van der Waals surface area (Å²) >= 11 is 0. The smallest absolute Gasteiger partial charge is 0.268 e. The molecule has 2 heterocycles. The fourth-order valence-corrected chi connectivity index (χ4v) is 2.99. The molecule has 0 radical (unpaired) electrons. The molecule has 0 amide bonds. The minimum atomic E-state index is -0.673. The van der Waals surface area contributed by atoms with Gasteiger partial charge in [-0.15, -0.1) is 0 Å². The number of pyridine rings is 1. The Bertz CT molecular complexity index is 1330. The zero-order valence-electron chi connectivity index (χ0n) is 14.6. The highest BCUT2D eigenvalue weighted by molar-refractivity contribution is 5.82. The summed E-state index contributed by atoms with van der Waals surface area (Å²) in [6.45, 7) is 0. The van der Waals surface area contributed by atoms with Gasteiger partial charge in [0.05, 0.1) is 20.7 Å². The Morgan fingerprint density at radius 2 is 1.66 bits per heavy atom.